The van der Waals surface area contributed by atoms with Crippen LogP contribution in [0.1, 0.15) is 27.2 Å². The highest BCUT2D eigenvalue weighted by atomic mass is 16.5. The second kappa shape index (κ2) is 4.41. The van der Waals surface area contributed by atoms with Crippen LogP contribution in [0.25, 0.3) is 0 Å². The van der Waals surface area contributed by atoms with Gasteiger partial charge >= 0.3 is 0 Å². The van der Waals surface area contributed by atoms with Gasteiger partial charge in [-0.1, -0.05) is 22.9 Å². The number of aromatic nitrogens is 1. The lowest BCUT2D eigenvalue weighted by Crippen LogP contribution is -2.11. The fourth-order valence-electron chi connectivity index (χ4n) is 1.41. The maximum Gasteiger partial charge on any atom is 0.258 e. The third-order valence-corrected chi connectivity index (χ3v) is 2.70. The maximum absolute atomic E-state index is 11.9. The summed E-state index contributed by atoms with van der Waals surface area (Å²) in [5.41, 5.74) is 3.35. The van der Waals surface area contributed by atoms with Crippen molar-refractivity contribution < 1.29 is 9.32 Å². The van der Waals surface area contributed by atoms with Gasteiger partial charge in [-0.3, -0.25) is 10.1 Å². The highest BCUT2D eigenvalue weighted by Gasteiger charge is 2.12. The van der Waals surface area contributed by atoms with Gasteiger partial charge < -0.3 is 4.52 Å². The number of amides is 1. The molecule has 88 valence electrons. The smallest absolute Gasteiger partial charge is 0.258 e. The van der Waals surface area contributed by atoms with Crippen LogP contribution in [0.15, 0.2) is 28.8 Å². The van der Waals surface area contributed by atoms with Gasteiger partial charge in [0.2, 0.25) is 5.88 Å². The molecule has 4 heteroatoms. The Labute approximate surface area is 99.6 Å². The Morgan fingerprint density at radius 2 is 1.82 bits per heavy atom. The van der Waals surface area contributed by atoms with E-state index in [0.717, 1.165) is 16.8 Å². The SMILES string of the molecule is Cc1ccc(C(=O)Nc2onc(C)c2C)cc1. The molecule has 0 atom stereocenters. The van der Waals surface area contributed by atoms with Gasteiger partial charge in [-0.2, -0.15) is 0 Å². The third-order valence-electron chi connectivity index (χ3n) is 2.70. The van der Waals surface area contributed by atoms with Gasteiger partial charge in [0.25, 0.3) is 5.91 Å². The quantitative estimate of drug-likeness (QED) is 0.863. The summed E-state index contributed by atoms with van der Waals surface area (Å²) in [4.78, 5) is 11.9. The lowest BCUT2D eigenvalue weighted by atomic mass is 10.1. The molecule has 0 saturated carbocycles. The van der Waals surface area contributed by atoms with Gasteiger partial charge in [0.15, 0.2) is 0 Å². The third kappa shape index (κ3) is 2.36. The van der Waals surface area contributed by atoms with Crippen molar-refractivity contribution in [3.8, 4) is 0 Å². The molecule has 4 nitrogen and oxygen atoms in total. The molecule has 2 rings (SSSR count). The minimum Gasteiger partial charge on any atom is -0.338 e. The molecule has 0 aliphatic heterocycles. The summed E-state index contributed by atoms with van der Waals surface area (Å²) in [7, 11) is 0. The van der Waals surface area contributed by atoms with Crippen molar-refractivity contribution in [2.45, 2.75) is 20.8 Å². The van der Waals surface area contributed by atoms with E-state index in [4.69, 9.17) is 4.52 Å². The normalized spacial score (nSPS) is 10.3. The highest BCUT2D eigenvalue weighted by molar-refractivity contribution is 6.03. The second-order valence-corrected chi connectivity index (χ2v) is 4.04. The highest BCUT2D eigenvalue weighted by Crippen LogP contribution is 2.18. The van der Waals surface area contributed by atoms with E-state index in [9.17, 15) is 4.79 Å². The van der Waals surface area contributed by atoms with Gasteiger partial charge in [-0.05, 0) is 32.9 Å². The number of benzene rings is 1. The Morgan fingerprint density at radius 3 is 2.35 bits per heavy atom. The van der Waals surface area contributed by atoms with Crippen LogP contribution in [-0.4, -0.2) is 11.1 Å². The predicted octanol–water partition coefficient (Wildman–Crippen LogP) is 2.85. The average molecular weight is 230 g/mol. The first-order valence-corrected chi connectivity index (χ1v) is 5.39. The number of nitrogens with one attached hydrogen (secondary N) is 1. The molecular weight excluding hydrogens is 216 g/mol. The molecule has 1 N–H and O–H groups in total. The molecule has 1 aromatic carbocycles. The van der Waals surface area contributed by atoms with E-state index >= 15 is 0 Å². The zero-order chi connectivity index (χ0) is 12.4. The van der Waals surface area contributed by atoms with Crippen LogP contribution in [0.3, 0.4) is 0 Å². The Bertz CT molecular complexity index is 541. The minimum atomic E-state index is -0.191. The molecule has 0 bridgehead atoms. The van der Waals surface area contributed by atoms with Crippen molar-refractivity contribution in [3.05, 3.63) is 46.6 Å². The van der Waals surface area contributed by atoms with E-state index in [0.29, 0.717) is 11.4 Å². The first-order valence-electron chi connectivity index (χ1n) is 5.39. The topological polar surface area (TPSA) is 55.1 Å². The van der Waals surface area contributed by atoms with E-state index in [1.807, 2.05) is 32.9 Å². The Kier molecular flexibility index (Phi) is 2.95. The molecule has 17 heavy (non-hydrogen) atoms. The second-order valence-electron chi connectivity index (χ2n) is 4.04. The van der Waals surface area contributed by atoms with E-state index in [1.165, 1.54) is 0 Å². The monoisotopic (exact) mass is 230 g/mol. The number of rotatable bonds is 2. The Morgan fingerprint density at radius 1 is 1.18 bits per heavy atom. The van der Waals surface area contributed by atoms with Crippen molar-refractivity contribution in [1.29, 1.82) is 0 Å². The zero-order valence-corrected chi connectivity index (χ0v) is 10.1. The molecule has 0 radical (unpaired) electrons. The van der Waals surface area contributed by atoms with E-state index in [-0.39, 0.29) is 5.91 Å². The van der Waals surface area contributed by atoms with Crippen LogP contribution in [-0.2, 0) is 0 Å². The number of aryl methyl sites for hydroxylation is 2. The fourth-order valence-corrected chi connectivity index (χ4v) is 1.41. The first-order chi connectivity index (χ1) is 8.08. The lowest BCUT2D eigenvalue weighted by Gasteiger charge is -2.02. The molecule has 1 aromatic heterocycles. The largest absolute Gasteiger partial charge is 0.338 e. The van der Waals surface area contributed by atoms with Gasteiger partial charge in [0.05, 0.1) is 5.69 Å². The summed E-state index contributed by atoms with van der Waals surface area (Å²) in [5.74, 6) is 0.220. The van der Waals surface area contributed by atoms with Crippen LogP contribution in [0.5, 0.6) is 0 Å². The van der Waals surface area contributed by atoms with Crippen LogP contribution < -0.4 is 5.32 Å². The molecule has 0 fully saturated rings. The van der Waals surface area contributed by atoms with Crippen LogP contribution in [0, 0.1) is 20.8 Å². The van der Waals surface area contributed by atoms with Gasteiger partial charge in [-0.25, -0.2) is 0 Å². The van der Waals surface area contributed by atoms with E-state index in [1.54, 1.807) is 12.1 Å². The van der Waals surface area contributed by atoms with Gasteiger partial charge in [-0.15, -0.1) is 0 Å². The van der Waals surface area contributed by atoms with Gasteiger partial charge in [0, 0.05) is 11.1 Å². The predicted molar refractivity (Wildman–Crippen MR) is 65.1 cm³/mol. The molecule has 0 aliphatic rings. The number of carbonyl (C=O) groups is 1. The molecule has 0 saturated heterocycles. The Hall–Kier alpha value is -2.10. The molecule has 0 unspecified atom stereocenters. The molecule has 1 heterocycles. The van der Waals surface area contributed by atoms with Crippen LogP contribution in [0.2, 0.25) is 0 Å². The lowest BCUT2D eigenvalue weighted by molar-refractivity contribution is 0.102. The molecular formula is C13H14N2O2. The number of hydrogen-bond donors (Lipinski definition) is 1. The summed E-state index contributed by atoms with van der Waals surface area (Å²) in [6, 6.07) is 7.35. The minimum absolute atomic E-state index is 0.191. The first kappa shape index (κ1) is 11.4. The number of carbonyl (C=O) groups excluding carboxylic acids is 1. The van der Waals surface area contributed by atoms with Crippen LogP contribution >= 0.6 is 0 Å². The molecule has 0 spiro atoms. The zero-order valence-electron chi connectivity index (χ0n) is 10.1. The van der Waals surface area contributed by atoms with Gasteiger partial charge in [0.1, 0.15) is 0 Å². The van der Waals surface area contributed by atoms with Crippen molar-refractivity contribution >= 4 is 11.8 Å². The van der Waals surface area contributed by atoms with E-state index < -0.39 is 0 Å². The number of anilines is 1. The van der Waals surface area contributed by atoms with Crippen molar-refractivity contribution in [3.63, 3.8) is 0 Å². The molecule has 1 amide bonds. The standard InChI is InChI=1S/C13H14N2O2/c1-8-4-6-11(7-5-8)12(16)14-13-9(2)10(3)15-17-13/h4-7H,1-3H3,(H,14,16). The summed E-state index contributed by atoms with van der Waals surface area (Å²) in [6.45, 7) is 5.67. The molecule has 0 aliphatic carbocycles. The molecule has 2 aromatic rings. The van der Waals surface area contributed by atoms with Crippen molar-refractivity contribution in [1.82, 2.24) is 5.16 Å². The van der Waals surface area contributed by atoms with E-state index in [2.05, 4.69) is 10.5 Å². The van der Waals surface area contributed by atoms with Crippen molar-refractivity contribution in [2.24, 2.45) is 0 Å². The fraction of sp³-hybridized carbons (Fsp3) is 0.231. The Balaban J connectivity index is 2.17. The number of nitrogens with zero attached hydrogens (tertiary/aromatic N) is 1. The van der Waals surface area contributed by atoms with Crippen molar-refractivity contribution in [2.75, 3.05) is 5.32 Å². The maximum atomic E-state index is 11.9. The average Bonchev–Trinajstić information content (AvgIpc) is 2.62. The summed E-state index contributed by atoms with van der Waals surface area (Å²) >= 11 is 0. The van der Waals surface area contributed by atoms with Crippen LogP contribution in [0.4, 0.5) is 5.88 Å². The summed E-state index contributed by atoms with van der Waals surface area (Å²) in [6.07, 6.45) is 0. The summed E-state index contributed by atoms with van der Waals surface area (Å²) < 4.78 is 5.03. The number of hydrogen-bond acceptors (Lipinski definition) is 3. The summed E-state index contributed by atoms with van der Waals surface area (Å²) in [5, 5.41) is 6.49.